The second-order valence-electron chi connectivity index (χ2n) is 6.22. The maximum Gasteiger partial charge on any atom is 0.260 e. The highest BCUT2D eigenvalue weighted by molar-refractivity contribution is 7.22. The fourth-order valence-electron chi connectivity index (χ4n) is 2.56. The van der Waals surface area contributed by atoms with Gasteiger partial charge in [-0.3, -0.25) is 9.69 Å². The molecule has 28 heavy (non-hydrogen) atoms. The number of thiazole rings is 1. The van der Waals surface area contributed by atoms with Crippen LogP contribution in [0.2, 0.25) is 0 Å². The van der Waals surface area contributed by atoms with E-state index in [9.17, 15) is 13.6 Å². The fraction of sp³-hybridized carbons (Fsp3) is 0.263. The number of nitrogens with zero attached hydrogens (tertiary/aromatic N) is 3. The molecule has 0 atom stereocenters. The molecule has 150 valence electrons. The molecule has 0 spiro atoms. The van der Waals surface area contributed by atoms with Crippen LogP contribution in [0.3, 0.4) is 0 Å². The van der Waals surface area contributed by atoms with Gasteiger partial charge < -0.3 is 9.64 Å². The van der Waals surface area contributed by atoms with E-state index in [-0.39, 0.29) is 23.8 Å². The zero-order chi connectivity index (χ0) is 19.6. The zero-order valence-electron chi connectivity index (χ0n) is 15.6. The van der Waals surface area contributed by atoms with Gasteiger partial charge in [-0.2, -0.15) is 0 Å². The third-order valence-corrected chi connectivity index (χ3v) is 4.99. The van der Waals surface area contributed by atoms with Gasteiger partial charge in [0, 0.05) is 24.7 Å². The number of carbonyl (C=O) groups is 1. The lowest BCUT2D eigenvalue weighted by Gasteiger charge is -2.22. The number of aromatic nitrogens is 1. The SMILES string of the molecule is COc1cccc(C(=O)N(CCN(C)C)c2nc3c(F)cc(F)cc3s2)c1.Cl. The standard InChI is InChI=1S/C19H19F2N3O2S.ClH/c1-23(2)7-8-24(18(25)12-5-4-6-14(9-12)26-3)19-22-17-15(21)10-13(20)11-16(17)27-19;/h4-6,9-11H,7-8H2,1-3H3;1H. The number of halogens is 3. The molecule has 0 saturated carbocycles. The molecule has 0 aliphatic carbocycles. The minimum atomic E-state index is -0.742. The predicted octanol–water partition coefficient (Wildman–Crippen LogP) is 4.21. The molecule has 2 aromatic carbocycles. The molecular formula is C19H20ClF2N3O2S. The minimum absolute atomic E-state index is 0. The van der Waals surface area contributed by atoms with Crippen LogP contribution in [0.1, 0.15) is 10.4 Å². The van der Waals surface area contributed by atoms with Crippen LogP contribution in [0.5, 0.6) is 5.75 Å². The quantitative estimate of drug-likeness (QED) is 0.591. The smallest absolute Gasteiger partial charge is 0.260 e. The van der Waals surface area contributed by atoms with Crippen LogP contribution in [-0.2, 0) is 0 Å². The number of likely N-dealkylation sites (N-methyl/N-ethyl adjacent to an activating group) is 1. The summed E-state index contributed by atoms with van der Waals surface area (Å²) in [5, 5.41) is 0.323. The Morgan fingerprint density at radius 2 is 1.93 bits per heavy atom. The summed E-state index contributed by atoms with van der Waals surface area (Å²) in [6, 6.07) is 8.81. The van der Waals surface area contributed by atoms with E-state index in [1.165, 1.54) is 18.1 Å². The lowest BCUT2D eigenvalue weighted by Crippen LogP contribution is -2.36. The van der Waals surface area contributed by atoms with Crippen LogP contribution in [0.15, 0.2) is 36.4 Å². The number of methoxy groups -OCH3 is 1. The van der Waals surface area contributed by atoms with Crippen molar-refractivity contribution >= 4 is 45.0 Å². The molecule has 1 heterocycles. The molecule has 1 amide bonds. The van der Waals surface area contributed by atoms with Crippen molar-refractivity contribution in [3.05, 3.63) is 53.6 Å². The summed E-state index contributed by atoms with van der Waals surface area (Å²) in [5.74, 6) is -1.13. The number of fused-ring (bicyclic) bond motifs is 1. The second kappa shape index (κ2) is 9.27. The van der Waals surface area contributed by atoms with Crippen molar-refractivity contribution in [2.24, 2.45) is 0 Å². The number of hydrogen-bond donors (Lipinski definition) is 0. The van der Waals surface area contributed by atoms with Crippen LogP contribution in [0.25, 0.3) is 10.2 Å². The predicted molar refractivity (Wildman–Crippen MR) is 110 cm³/mol. The summed E-state index contributed by atoms with van der Waals surface area (Å²) < 4.78 is 33.1. The van der Waals surface area contributed by atoms with Gasteiger partial charge in [0.1, 0.15) is 17.1 Å². The fourth-order valence-corrected chi connectivity index (χ4v) is 3.59. The van der Waals surface area contributed by atoms with Crippen molar-refractivity contribution in [2.45, 2.75) is 0 Å². The van der Waals surface area contributed by atoms with Gasteiger partial charge in [0.25, 0.3) is 5.91 Å². The number of carbonyl (C=O) groups excluding carboxylic acids is 1. The average molecular weight is 428 g/mol. The third-order valence-electron chi connectivity index (χ3n) is 3.97. The molecule has 0 unspecified atom stereocenters. The molecule has 0 fully saturated rings. The summed E-state index contributed by atoms with van der Waals surface area (Å²) in [6.45, 7) is 0.940. The molecular weight excluding hydrogens is 408 g/mol. The van der Waals surface area contributed by atoms with E-state index < -0.39 is 11.6 Å². The lowest BCUT2D eigenvalue weighted by molar-refractivity contribution is 0.0985. The summed E-state index contributed by atoms with van der Waals surface area (Å²) in [4.78, 5) is 20.8. The van der Waals surface area contributed by atoms with E-state index in [0.717, 1.165) is 17.4 Å². The Morgan fingerprint density at radius 3 is 2.61 bits per heavy atom. The lowest BCUT2D eigenvalue weighted by atomic mass is 10.2. The Bertz CT molecular complexity index is 981. The van der Waals surface area contributed by atoms with Gasteiger partial charge in [-0.25, -0.2) is 13.8 Å². The summed E-state index contributed by atoms with van der Waals surface area (Å²) >= 11 is 1.08. The molecule has 9 heteroatoms. The monoisotopic (exact) mass is 427 g/mol. The molecule has 0 aliphatic rings. The third kappa shape index (κ3) is 4.76. The Balaban J connectivity index is 0.00000280. The summed E-state index contributed by atoms with van der Waals surface area (Å²) in [6.07, 6.45) is 0. The molecule has 5 nitrogen and oxygen atoms in total. The number of amides is 1. The number of ether oxygens (including phenoxy) is 1. The highest BCUT2D eigenvalue weighted by Gasteiger charge is 2.23. The van der Waals surface area contributed by atoms with Gasteiger partial charge in [-0.05, 0) is 38.4 Å². The molecule has 3 aromatic rings. The molecule has 1 aromatic heterocycles. The maximum absolute atomic E-state index is 14.0. The highest BCUT2D eigenvalue weighted by Crippen LogP contribution is 2.32. The van der Waals surface area contributed by atoms with E-state index >= 15 is 0 Å². The van der Waals surface area contributed by atoms with Gasteiger partial charge in [0.2, 0.25) is 0 Å². The Kier molecular flexibility index (Phi) is 7.29. The van der Waals surface area contributed by atoms with E-state index in [1.807, 2.05) is 19.0 Å². The number of hydrogen-bond acceptors (Lipinski definition) is 5. The van der Waals surface area contributed by atoms with Crippen molar-refractivity contribution in [2.75, 3.05) is 39.2 Å². The Hall–Kier alpha value is -2.29. The van der Waals surface area contributed by atoms with Crippen molar-refractivity contribution in [1.82, 2.24) is 9.88 Å². The second-order valence-corrected chi connectivity index (χ2v) is 7.23. The summed E-state index contributed by atoms with van der Waals surface area (Å²) in [5.41, 5.74) is 0.490. The first kappa shape index (κ1) is 22.0. The van der Waals surface area contributed by atoms with Crippen LogP contribution in [0.4, 0.5) is 13.9 Å². The minimum Gasteiger partial charge on any atom is -0.497 e. The van der Waals surface area contributed by atoms with Crippen LogP contribution in [0, 0.1) is 11.6 Å². The molecule has 0 aliphatic heterocycles. The molecule has 0 saturated heterocycles. The highest BCUT2D eigenvalue weighted by atomic mass is 35.5. The van der Waals surface area contributed by atoms with Crippen molar-refractivity contribution in [1.29, 1.82) is 0 Å². The van der Waals surface area contributed by atoms with E-state index in [2.05, 4.69) is 4.98 Å². The van der Waals surface area contributed by atoms with Gasteiger partial charge in [-0.1, -0.05) is 17.4 Å². The molecule has 0 N–H and O–H groups in total. The first-order valence-electron chi connectivity index (χ1n) is 8.25. The Labute approximate surface area is 171 Å². The normalized spacial score (nSPS) is 10.8. The Morgan fingerprint density at radius 1 is 1.18 bits per heavy atom. The topological polar surface area (TPSA) is 45.7 Å². The van der Waals surface area contributed by atoms with Crippen LogP contribution >= 0.6 is 23.7 Å². The van der Waals surface area contributed by atoms with Gasteiger partial charge in [0.05, 0.1) is 11.8 Å². The molecule has 0 bridgehead atoms. The maximum atomic E-state index is 14.0. The number of benzene rings is 2. The number of anilines is 1. The largest absolute Gasteiger partial charge is 0.497 e. The van der Waals surface area contributed by atoms with Gasteiger partial charge in [-0.15, -0.1) is 12.4 Å². The summed E-state index contributed by atoms with van der Waals surface area (Å²) in [7, 11) is 5.31. The van der Waals surface area contributed by atoms with Crippen molar-refractivity contribution < 1.29 is 18.3 Å². The van der Waals surface area contributed by atoms with E-state index in [0.29, 0.717) is 34.2 Å². The molecule has 3 rings (SSSR count). The van der Waals surface area contributed by atoms with Crippen LogP contribution in [-0.4, -0.2) is 50.1 Å². The first-order valence-corrected chi connectivity index (χ1v) is 9.07. The zero-order valence-corrected chi connectivity index (χ0v) is 17.2. The van der Waals surface area contributed by atoms with Crippen molar-refractivity contribution in [3.8, 4) is 5.75 Å². The van der Waals surface area contributed by atoms with E-state index in [4.69, 9.17) is 4.74 Å². The van der Waals surface area contributed by atoms with Crippen molar-refractivity contribution in [3.63, 3.8) is 0 Å². The number of rotatable bonds is 6. The van der Waals surface area contributed by atoms with Crippen LogP contribution < -0.4 is 9.64 Å². The van der Waals surface area contributed by atoms with E-state index in [1.54, 1.807) is 24.3 Å². The van der Waals surface area contributed by atoms with Gasteiger partial charge in [0.15, 0.2) is 10.9 Å². The average Bonchev–Trinajstić information content (AvgIpc) is 3.05. The first-order chi connectivity index (χ1) is 12.9. The van der Waals surface area contributed by atoms with Gasteiger partial charge >= 0.3 is 0 Å². The molecule has 0 radical (unpaired) electrons.